The summed E-state index contributed by atoms with van der Waals surface area (Å²) >= 11 is 0. The lowest BCUT2D eigenvalue weighted by molar-refractivity contribution is -0.384. The maximum atomic E-state index is 13.5. The van der Waals surface area contributed by atoms with Gasteiger partial charge in [0.05, 0.1) is 21.0 Å². The van der Waals surface area contributed by atoms with Gasteiger partial charge < -0.3 is 0 Å². The van der Waals surface area contributed by atoms with Crippen LogP contribution in [-0.2, 0) is 10.0 Å². The molecule has 6 rings (SSSR count). The van der Waals surface area contributed by atoms with Crippen molar-refractivity contribution in [1.82, 2.24) is 13.9 Å². The minimum absolute atomic E-state index is 0.0333. The van der Waals surface area contributed by atoms with Gasteiger partial charge in [-0.3, -0.25) is 10.1 Å². The molecule has 0 aliphatic carbocycles. The molecule has 6 aromatic rings. The predicted molar refractivity (Wildman–Crippen MR) is 142 cm³/mol. The predicted octanol–water partition coefficient (Wildman–Crippen LogP) is 6.06. The van der Waals surface area contributed by atoms with Gasteiger partial charge in [-0.1, -0.05) is 48.5 Å². The van der Waals surface area contributed by atoms with Crippen LogP contribution in [0.25, 0.3) is 44.3 Å². The number of hydrogen-bond acceptors (Lipinski definition) is 6. The van der Waals surface area contributed by atoms with E-state index in [1.54, 1.807) is 54.7 Å². The summed E-state index contributed by atoms with van der Waals surface area (Å²) < 4.78 is 28.2. The minimum atomic E-state index is -3.92. The largest absolute Gasteiger partial charge is 0.270 e. The second-order valence-corrected chi connectivity index (χ2v) is 10.2. The van der Waals surface area contributed by atoms with Crippen LogP contribution in [0.2, 0.25) is 0 Å². The van der Waals surface area contributed by atoms with Crippen LogP contribution in [0.4, 0.5) is 5.69 Å². The molecule has 0 saturated heterocycles. The third kappa shape index (κ3) is 3.82. The van der Waals surface area contributed by atoms with Gasteiger partial charge in [0, 0.05) is 40.9 Å². The van der Waals surface area contributed by atoms with Gasteiger partial charge in [0.2, 0.25) is 0 Å². The van der Waals surface area contributed by atoms with Crippen LogP contribution in [0, 0.1) is 10.1 Å². The van der Waals surface area contributed by atoms with Gasteiger partial charge in [-0.15, -0.1) is 0 Å². The van der Waals surface area contributed by atoms with Gasteiger partial charge >= 0.3 is 0 Å². The summed E-state index contributed by atoms with van der Waals surface area (Å²) in [6, 6.07) is 27.6. The maximum Gasteiger partial charge on any atom is 0.270 e. The van der Waals surface area contributed by atoms with Crippen LogP contribution in [0.15, 0.2) is 114 Å². The van der Waals surface area contributed by atoms with Gasteiger partial charge in [-0.2, -0.15) is 0 Å². The highest BCUT2D eigenvalue weighted by Gasteiger charge is 2.24. The molecule has 0 atom stereocenters. The Hall–Kier alpha value is -4.89. The lowest BCUT2D eigenvalue weighted by Gasteiger charge is -2.10. The molecule has 0 N–H and O–H groups in total. The number of hydrogen-bond donors (Lipinski definition) is 0. The first-order chi connectivity index (χ1) is 17.9. The highest BCUT2D eigenvalue weighted by Crippen LogP contribution is 2.37. The minimum Gasteiger partial charge on any atom is -0.258 e. The Morgan fingerprint density at radius 3 is 2.24 bits per heavy atom. The zero-order valence-corrected chi connectivity index (χ0v) is 20.0. The van der Waals surface area contributed by atoms with E-state index in [2.05, 4.69) is 4.98 Å². The zero-order valence-electron chi connectivity index (χ0n) is 19.2. The molecule has 0 unspecified atom stereocenters. The van der Waals surface area contributed by atoms with Crippen molar-refractivity contribution in [2.75, 3.05) is 0 Å². The molecule has 37 heavy (non-hydrogen) atoms. The van der Waals surface area contributed by atoms with Crippen LogP contribution < -0.4 is 0 Å². The van der Waals surface area contributed by atoms with E-state index in [0.29, 0.717) is 27.5 Å². The van der Waals surface area contributed by atoms with Crippen molar-refractivity contribution in [2.45, 2.75) is 4.90 Å². The fourth-order valence-corrected chi connectivity index (χ4v) is 5.79. The first kappa shape index (κ1) is 22.6. The van der Waals surface area contributed by atoms with Crippen molar-refractivity contribution in [1.29, 1.82) is 0 Å². The first-order valence-electron chi connectivity index (χ1n) is 11.4. The highest BCUT2D eigenvalue weighted by molar-refractivity contribution is 7.90. The average Bonchev–Trinajstić information content (AvgIpc) is 3.34. The number of nitrogens with zero attached hydrogens (tertiary/aromatic N) is 4. The molecule has 0 aliphatic heterocycles. The van der Waals surface area contributed by atoms with Crippen LogP contribution in [-0.4, -0.2) is 27.3 Å². The molecule has 0 aliphatic rings. The van der Waals surface area contributed by atoms with Gasteiger partial charge in [-0.25, -0.2) is 22.4 Å². The molecule has 3 aromatic carbocycles. The quantitative estimate of drug-likeness (QED) is 0.208. The fraction of sp³-hybridized carbons (Fsp3) is 0. The summed E-state index contributed by atoms with van der Waals surface area (Å²) in [4.78, 5) is 20.3. The normalized spacial score (nSPS) is 11.7. The average molecular weight is 507 g/mol. The van der Waals surface area contributed by atoms with Gasteiger partial charge in [0.1, 0.15) is 0 Å². The van der Waals surface area contributed by atoms with Crippen molar-refractivity contribution in [3.63, 3.8) is 0 Å². The van der Waals surface area contributed by atoms with E-state index in [1.165, 1.54) is 22.3 Å². The highest BCUT2D eigenvalue weighted by atomic mass is 32.2. The summed E-state index contributed by atoms with van der Waals surface area (Å²) in [5.41, 5.74) is 3.52. The molecule has 3 aromatic heterocycles. The molecule has 0 radical (unpaired) electrons. The molecule has 0 spiro atoms. The number of nitro benzene ring substituents is 1. The Morgan fingerprint density at radius 2 is 1.51 bits per heavy atom. The van der Waals surface area contributed by atoms with Crippen molar-refractivity contribution in [2.24, 2.45) is 0 Å². The van der Waals surface area contributed by atoms with Crippen molar-refractivity contribution < 1.29 is 13.3 Å². The standard InChI is InChI=1S/C28H18N4O4S/c33-32(34)20-13-14-26-24(16-20)23(19-8-3-1-4-9-19)17-27(30-26)25-18-31(28-22(25)12-7-15-29-28)37(35,36)21-10-5-2-6-11-21/h1-18H. The van der Waals surface area contributed by atoms with Gasteiger partial charge in [0.15, 0.2) is 5.65 Å². The molecule has 0 bridgehead atoms. The van der Waals surface area contributed by atoms with Crippen molar-refractivity contribution >= 4 is 37.6 Å². The third-order valence-electron chi connectivity index (χ3n) is 6.20. The Kier molecular flexibility index (Phi) is 5.27. The van der Waals surface area contributed by atoms with E-state index in [-0.39, 0.29) is 16.2 Å². The number of nitro groups is 1. The molecule has 9 heteroatoms. The molecule has 0 saturated carbocycles. The first-order valence-corrected chi connectivity index (χ1v) is 12.8. The van der Waals surface area contributed by atoms with E-state index in [1.807, 2.05) is 36.4 Å². The maximum absolute atomic E-state index is 13.5. The smallest absolute Gasteiger partial charge is 0.258 e. The second kappa shape index (κ2) is 8.65. The second-order valence-electron chi connectivity index (χ2n) is 8.41. The lowest BCUT2D eigenvalue weighted by atomic mass is 9.98. The zero-order chi connectivity index (χ0) is 25.6. The molecule has 0 amide bonds. The molecule has 180 valence electrons. The molecule has 0 fully saturated rings. The van der Waals surface area contributed by atoms with Gasteiger partial charge in [0.25, 0.3) is 15.7 Å². The molecular weight excluding hydrogens is 488 g/mol. The Bertz CT molecular complexity index is 1920. The number of aromatic nitrogens is 3. The molecule has 8 nitrogen and oxygen atoms in total. The van der Waals surface area contributed by atoms with E-state index in [0.717, 1.165) is 11.1 Å². The number of rotatable bonds is 5. The van der Waals surface area contributed by atoms with E-state index < -0.39 is 14.9 Å². The fourth-order valence-electron chi connectivity index (χ4n) is 4.45. The summed E-state index contributed by atoms with van der Waals surface area (Å²) in [5.74, 6) is 0. The number of pyridine rings is 2. The summed E-state index contributed by atoms with van der Waals surface area (Å²) in [5, 5.41) is 12.7. The van der Waals surface area contributed by atoms with Crippen LogP contribution in [0.1, 0.15) is 0 Å². The molecular formula is C28H18N4O4S. The monoisotopic (exact) mass is 506 g/mol. The Balaban J connectivity index is 1.64. The van der Waals surface area contributed by atoms with Gasteiger partial charge in [-0.05, 0) is 47.5 Å². The number of benzene rings is 3. The summed E-state index contributed by atoms with van der Waals surface area (Å²) in [7, 11) is -3.92. The lowest BCUT2D eigenvalue weighted by Crippen LogP contribution is -2.12. The Morgan fingerprint density at radius 1 is 0.784 bits per heavy atom. The SMILES string of the molecule is O=[N+]([O-])c1ccc2nc(-c3cn(S(=O)(=O)c4ccccc4)c4ncccc34)cc(-c3ccccc3)c2c1. The van der Waals surface area contributed by atoms with E-state index >= 15 is 0 Å². The number of fused-ring (bicyclic) bond motifs is 2. The van der Waals surface area contributed by atoms with Crippen LogP contribution >= 0.6 is 0 Å². The Labute approximate surface area is 211 Å². The number of non-ortho nitro benzene ring substituents is 1. The van der Waals surface area contributed by atoms with E-state index in [4.69, 9.17) is 4.98 Å². The third-order valence-corrected chi connectivity index (χ3v) is 7.86. The van der Waals surface area contributed by atoms with Crippen molar-refractivity contribution in [3.8, 4) is 22.4 Å². The van der Waals surface area contributed by atoms with Crippen LogP contribution in [0.5, 0.6) is 0 Å². The summed E-state index contributed by atoms with van der Waals surface area (Å²) in [6.45, 7) is 0. The van der Waals surface area contributed by atoms with E-state index in [9.17, 15) is 18.5 Å². The topological polar surface area (TPSA) is 108 Å². The van der Waals surface area contributed by atoms with Crippen molar-refractivity contribution in [3.05, 3.63) is 120 Å². The summed E-state index contributed by atoms with van der Waals surface area (Å²) in [6.07, 6.45) is 3.08. The van der Waals surface area contributed by atoms with Crippen LogP contribution in [0.3, 0.4) is 0 Å². The molecule has 3 heterocycles.